The Morgan fingerprint density at radius 3 is 2.20 bits per heavy atom. The summed E-state index contributed by atoms with van der Waals surface area (Å²) in [5.41, 5.74) is 0. The van der Waals surface area contributed by atoms with Crippen LogP contribution in [0.2, 0.25) is 0 Å². The van der Waals surface area contributed by atoms with Crippen LogP contribution >= 0.6 is 12.4 Å². The smallest absolute Gasteiger partial charge is 0.320 e. The van der Waals surface area contributed by atoms with Crippen molar-refractivity contribution < 1.29 is 19.8 Å². The molecule has 0 spiro atoms. The molecular formula is C8H17ClN2O4. The highest BCUT2D eigenvalue weighted by Gasteiger charge is 2.17. The lowest BCUT2D eigenvalue weighted by Crippen LogP contribution is -2.41. The normalized spacial score (nSPS) is 11.9. The van der Waals surface area contributed by atoms with Gasteiger partial charge in [0.2, 0.25) is 0 Å². The van der Waals surface area contributed by atoms with Gasteiger partial charge in [-0.3, -0.25) is 19.8 Å². The van der Waals surface area contributed by atoms with Crippen LogP contribution in [0.4, 0.5) is 0 Å². The fraction of sp³-hybridized carbons (Fsp3) is 0.750. The topological polar surface area (TPSA) is 89.9 Å². The number of nitrogens with one attached hydrogen (secondary N) is 1. The standard InChI is InChI=1S/C8H16N2O4.ClH/c1-10(2)5-9-6(8(13)14)3-4-7(11)12;/h6,9H,3-5H2,1-2H3,(H,11,12)(H,13,14);1H. The molecular weight excluding hydrogens is 224 g/mol. The third-order valence-electron chi connectivity index (χ3n) is 1.60. The van der Waals surface area contributed by atoms with Crippen LogP contribution in [0.15, 0.2) is 0 Å². The van der Waals surface area contributed by atoms with E-state index in [2.05, 4.69) is 5.32 Å². The van der Waals surface area contributed by atoms with E-state index < -0.39 is 18.0 Å². The van der Waals surface area contributed by atoms with E-state index in [1.54, 1.807) is 19.0 Å². The van der Waals surface area contributed by atoms with E-state index in [-0.39, 0.29) is 25.2 Å². The highest BCUT2D eigenvalue weighted by Crippen LogP contribution is 1.97. The predicted molar refractivity (Wildman–Crippen MR) is 57.2 cm³/mol. The van der Waals surface area contributed by atoms with Gasteiger partial charge in [0.1, 0.15) is 6.04 Å². The Kier molecular flexibility index (Phi) is 9.35. The zero-order valence-corrected chi connectivity index (χ0v) is 9.58. The monoisotopic (exact) mass is 240 g/mol. The van der Waals surface area contributed by atoms with Crippen LogP contribution in [0.5, 0.6) is 0 Å². The van der Waals surface area contributed by atoms with Crippen LogP contribution in [-0.2, 0) is 9.59 Å². The van der Waals surface area contributed by atoms with Crippen molar-refractivity contribution >= 4 is 24.3 Å². The number of carbonyl (C=O) groups is 2. The van der Waals surface area contributed by atoms with Crippen molar-refractivity contribution in [2.45, 2.75) is 18.9 Å². The molecule has 7 heteroatoms. The second-order valence-corrected chi connectivity index (χ2v) is 3.27. The van der Waals surface area contributed by atoms with E-state index in [1.165, 1.54) is 0 Å². The summed E-state index contributed by atoms with van der Waals surface area (Å²) in [4.78, 5) is 22.7. The molecule has 0 amide bonds. The zero-order chi connectivity index (χ0) is 11.1. The molecule has 0 aliphatic carbocycles. The predicted octanol–water partition coefficient (Wildman–Crippen LogP) is -0.165. The van der Waals surface area contributed by atoms with Crippen LogP contribution in [-0.4, -0.2) is 53.9 Å². The van der Waals surface area contributed by atoms with Crippen LogP contribution in [0, 0.1) is 0 Å². The van der Waals surface area contributed by atoms with Crippen molar-refractivity contribution in [3.05, 3.63) is 0 Å². The van der Waals surface area contributed by atoms with Gasteiger partial charge < -0.3 is 10.2 Å². The number of halogens is 1. The second-order valence-electron chi connectivity index (χ2n) is 3.27. The molecule has 0 fully saturated rings. The first kappa shape index (κ1) is 16.6. The third-order valence-corrected chi connectivity index (χ3v) is 1.60. The van der Waals surface area contributed by atoms with E-state index in [0.29, 0.717) is 6.67 Å². The Balaban J connectivity index is 0. The molecule has 0 aromatic heterocycles. The fourth-order valence-electron chi connectivity index (χ4n) is 0.873. The summed E-state index contributed by atoms with van der Waals surface area (Å²) in [6.07, 6.45) is -0.0457. The lowest BCUT2D eigenvalue weighted by molar-refractivity contribution is -0.140. The lowest BCUT2D eigenvalue weighted by atomic mass is 10.1. The molecule has 1 unspecified atom stereocenters. The Hall–Kier alpha value is -0.850. The Labute approximate surface area is 94.7 Å². The highest BCUT2D eigenvalue weighted by atomic mass is 35.5. The van der Waals surface area contributed by atoms with Crippen molar-refractivity contribution in [1.82, 2.24) is 10.2 Å². The van der Waals surface area contributed by atoms with Crippen molar-refractivity contribution in [3.63, 3.8) is 0 Å². The minimum Gasteiger partial charge on any atom is -0.481 e. The van der Waals surface area contributed by atoms with Gasteiger partial charge in [0.05, 0.1) is 0 Å². The first-order valence-electron chi connectivity index (χ1n) is 4.26. The molecule has 1 atom stereocenters. The third kappa shape index (κ3) is 9.45. The number of carboxylic acids is 2. The maximum absolute atomic E-state index is 10.7. The molecule has 0 aliphatic rings. The van der Waals surface area contributed by atoms with Gasteiger partial charge in [0, 0.05) is 13.1 Å². The van der Waals surface area contributed by atoms with Crippen LogP contribution in [0.25, 0.3) is 0 Å². The first-order valence-corrected chi connectivity index (χ1v) is 4.26. The number of nitrogens with zero attached hydrogens (tertiary/aromatic N) is 1. The maximum atomic E-state index is 10.7. The summed E-state index contributed by atoms with van der Waals surface area (Å²) in [5.74, 6) is -2.00. The van der Waals surface area contributed by atoms with Crippen LogP contribution in [0.3, 0.4) is 0 Å². The Bertz CT molecular complexity index is 211. The molecule has 0 aliphatic heterocycles. The number of aliphatic carboxylic acids is 2. The molecule has 0 aromatic rings. The number of rotatable bonds is 7. The van der Waals surface area contributed by atoms with Gasteiger partial charge in [-0.2, -0.15) is 0 Å². The van der Waals surface area contributed by atoms with Crippen molar-refractivity contribution in [2.75, 3.05) is 20.8 Å². The van der Waals surface area contributed by atoms with Gasteiger partial charge >= 0.3 is 11.9 Å². The van der Waals surface area contributed by atoms with Crippen molar-refractivity contribution in [3.8, 4) is 0 Å². The lowest BCUT2D eigenvalue weighted by Gasteiger charge is -2.16. The summed E-state index contributed by atoms with van der Waals surface area (Å²) >= 11 is 0. The minimum absolute atomic E-state index is 0. The zero-order valence-electron chi connectivity index (χ0n) is 8.77. The summed E-state index contributed by atoms with van der Waals surface area (Å²) in [5, 5.41) is 19.9. The summed E-state index contributed by atoms with van der Waals surface area (Å²) in [7, 11) is 3.59. The van der Waals surface area contributed by atoms with Gasteiger partial charge in [-0.25, -0.2) is 0 Å². The van der Waals surface area contributed by atoms with E-state index in [1.807, 2.05) is 0 Å². The van der Waals surface area contributed by atoms with Crippen molar-refractivity contribution in [1.29, 1.82) is 0 Å². The van der Waals surface area contributed by atoms with E-state index in [4.69, 9.17) is 10.2 Å². The van der Waals surface area contributed by atoms with Crippen molar-refractivity contribution in [2.24, 2.45) is 0 Å². The average molecular weight is 241 g/mol. The largest absolute Gasteiger partial charge is 0.481 e. The van der Waals surface area contributed by atoms with Crippen LogP contribution < -0.4 is 5.32 Å². The molecule has 0 saturated carbocycles. The van der Waals surface area contributed by atoms with Gasteiger partial charge in [-0.1, -0.05) is 0 Å². The molecule has 6 nitrogen and oxygen atoms in total. The first-order chi connectivity index (χ1) is 6.43. The van der Waals surface area contributed by atoms with Gasteiger partial charge in [-0.05, 0) is 20.5 Å². The fourth-order valence-corrected chi connectivity index (χ4v) is 0.873. The molecule has 0 heterocycles. The SMILES string of the molecule is CN(C)CNC(CCC(=O)O)C(=O)O.Cl. The molecule has 15 heavy (non-hydrogen) atoms. The van der Waals surface area contributed by atoms with Crippen LogP contribution in [0.1, 0.15) is 12.8 Å². The number of hydrogen-bond acceptors (Lipinski definition) is 4. The molecule has 0 aromatic carbocycles. The molecule has 0 rings (SSSR count). The number of hydrogen-bond donors (Lipinski definition) is 3. The molecule has 0 bridgehead atoms. The second kappa shape index (κ2) is 8.46. The van der Waals surface area contributed by atoms with E-state index in [9.17, 15) is 9.59 Å². The van der Waals surface area contributed by atoms with Gasteiger partial charge in [-0.15, -0.1) is 12.4 Å². The van der Waals surface area contributed by atoms with Gasteiger partial charge in [0.25, 0.3) is 0 Å². The van der Waals surface area contributed by atoms with E-state index >= 15 is 0 Å². The molecule has 3 N–H and O–H groups in total. The van der Waals surface area contributed by atoms with E-state index in [0.717, 1.165) is 0 Å². The summed E-state index contributed by atoms with van der Waals surface area (Å²) in [6, 6.07) is -0.798. The summed E-state index contributed by atoms with van der Waals surface area (Å²) in [6.45, 7) is 0.413. The molecule has 0 saturated heterocycles. The molecule has 0 radical (unpaired) electrons. The quantitative estimate of drug-likeness (QED) is 0.536. The summed E-state index contributed by atoms with van der Waals surface area (Å²) < 4.78 is 0. The van der Waals surface area contributed by atoms with Gasteiger partial charge in [0.15, 0.2) is 0 Å². The number of carboxylic acid groups (broad SMARTS) is 2. The Morgan fingerprint density at radius 2 is 1.87 bits per heavy atom. The highest BCUT2D eigenvalue weighted by molar-refractivity contribution is 5.85. The maximum Gasteiger partial charge on any atom is 0.320 e. The molecule has 90 valence electrons. The minimum atomic E-state index is -1.02. The Morgan fingerprint density at radius 1 is 1.33 bits per heavy atom. The average Bonchev–Trinajstić information content (AvgIpc) is 2.02.